The van der Waals surface area contributed by atoms with Crippen LogP contribution in [0, 0.1) is 6.92 Å². The molecule has 0 saturated carbocycles. The Balaban J connectivity index is 1.42. The number of piperidine rings is 1. The van der Waals surface area contributed by atoms with Crippen molar-refractivity contribution in [3.05, 3.63) is 65.2 Å². The molecule has 2 aliphatic rings. The average molecular weight is 405 g/mol. The Hall–Kier alpha value is -3.19. The fraction of sp³-hybridized carbons (Fsp3) is 0.348. The summed E-state index contributed by atoms with van der Waals surface area (Å²) in [5, 5.41) is 14.1. The first kappa shape index (κ1) is 18.8. The van der Waals surface area contributed by atoms with Gasteiger partial charge in [0.1, 0.15) is 17.1 Å². The number of carbonyl (C=O) groups is 2. The molecule has 154 valence electrons. The number of aliphatic hydroxyl groups is 1. The average Bonchev–Trinajstić information content (AvgIpc) is 3.45. The minimum atomic E-state index is -0.333. The molecule has 2 bridgehead atoms. The van der Waals surface area contributed by atoms with E-state index in [1.54, 1.807) is 19.2 Å². The molecule has 0 spiro atoms. The molecule has 3 atom stereocenters. The minimum Gasteiger partial charge on any atom is -0.393 e. The number of ketones is 1. The first-order valence-electron chi connectivity index (χ1n) is 10.3. The fourth-order valence-electron chi connectivity index (χ4n) is 4.84. The number of benzene rings is 1. The number of hydrogen-bond donors (Lipinski definition) is 2. The van der Waals surface area contributed by atoms with Crippen molar-refractivity contribution in [3.8, 4) is 11.3 Å². The maximum Gasteiger partial charge on any atom is 0.270 e. The Labute approximate surface area is 173 Å². The minimum absolute atomic E-state index is 0.0682. The van der Waals surface area contributed by atoms with E-state index in [4.69, 9.17) is 4.52 Å². The van der Waals surface area contributed by atoms with Gasteiger partial charge in [-0.25, -0.2) is 0 Å². The van der Waals surface area contributed by atoms with E-state index in [2.05, 4.69) is 10.1 Å². The van der Waals surface area contributed by atoms with Crippen LogP contribution in [0.25, 0.3) is 11.3 Å². The number of rotatable bonds is 4. The second-order valence-corrected chi connectivity index (χ2v) is 8.18. The predicted molar refractivity (Wildman–Crippen MR) is 109 cm³/mol. The summed E-state index contributed by atoms with van der Waals surface area (Å²) in [6.45, 7) is 1.71. The van der Waals surface area contributed by atoms with Crippen molar-refractivity contribution in [2.75, 3.05) is 0 Å². The lowest BCUT2D eigenvalue weighted by atomic mass is 9.98. The zero-order valence-corrected chi connectivity index (χ0v) is 16.7. The Kier molecular flexibility index (Phi) is 4.55. The summed E-state index contributed by atoms with van der Waals surface area (Å²) in [6.07, 6.45) is 4.31. The van der Waals surface area contributed by atoms with Gasteiger partial charge in [0.15, 0.2) is 5.78 Å². The van der Waals surface area contributed by atoms with Crippen molar-refractivity contribution in [1.82, 2.24) is 15.0 Å². The van der Waals surface area contributed by atoms with Crippen LogP contribution in [0.4, 0.5) is 0 Å². The van der Waals surface area contributed by atoms with E-state index in [0.717, 1.165) is 18.4 Å². The third-order valence-electron chi connectivity index (χ3n) is 6.26. The van der Waals surface area contributed by atoms with E-state index in [0.29, 0.717) is 41.1 Å². The summed E-state index contributed by atoms with van der Waals surface area (Å²) in [4.78, 5) is 31.2. The van der Waals surface area contributed by atoms with Crippen LogP contribution in [0.15, 0.2) is 47.1 Å². The SMILES string of the molecule is Cc1onc(-c2ccccc2)c1C(=O)c1c[nH]c(C(=O)N2[C@@H]3CC[C@H]2CC(O)C3)c1. The number of fused-ring (bicyclic) bond motifs is 2. The fourth-order valence-corrected chi connectivity index (χ4v) is 4.84. The van der Waals surface area contributed by atoms with Crippen LogP contribution in [0.1, 0.15) is 57.9 Å². The Morgan fingerprint density at radius 2 is 1.87 bits per heavy atom. The molecule has 2 N–H and O–H groups in total. The monoisotopic (exact) mass is 405 g/mol. The quantitative estimate of drug-likeness (QED) is 0.649. The lowest BCUT2D eigenvalue weighted by molar-refractivity contribution is 0.0283. The third-order valence-corrected chi connectivity index (χ3v) is 6.26. The molecule has 0 aliphatic carbocycles. The smallest absolute Gasteiger partial charge is 0.270 e. The van der Waals surface area contributed by atoms with Crippen LogP contribution in [-0.2, 0) is 0 Å². The molecule has 2 fully saturated rings. The standard InChI is InChI=1S/C23H23N3O4/c1-13-20(21(25-30-13)14-5-3-2-4-6-14)22(28)15-9-19(24-12-15)23(29)26-16-7-8-17(26)11-18(27)10-16/h2-6,9,12,16-18,24,27H,7-8,10-11H2,1H3/t16-,17+,18?. The number of H-pyrrole nitrogens is 1. The Morgan fingerprint density at radius 1 is 1.17 bits per heavy atom. The molecule has 7 nitrogen and oxygen atoms in total. The van der Waals surface area contributed by atoms with Crippen molar-refractivity contribution in [3.63, 3.8) is 0 Å². The van der Waals surface area contributed by atoms with Crippen molar-refractivity contribution < 1.29 is 19.2 Å². The number of nitrogens with zero attached hydrogens (tertiary/aromatic N) is 2. The maximum absolute atomic E-state index is 13.2. The van der Waals surface area contributed by atoms with Gasteiger partial charge in [0, 0.05) is 29.4 Å². The van der Waals surface area contributed by atoms with E-state index in [1.807, 2.05) is 35.2 Å². The van der Waals surface area contributed by atoms with E-state index < -0.39 is 0 Å². The number of aromatic nitrogens is 2. The summed E-state index contributed by atoms with van der Waals surface area (Å²) in [5.41, 5.74) is 2.48. The Morgan fingerprint density at radius 3 is 2.57 bits per heavy atom. The molecule has 1 aromatic carbocycles. The summed E-state index contributed by atoms with van der Waals surface area (Å²) >= 11 is 0. The van der Waals surface area contributed by atoms with Crippen molar-refractivity contribution in [2.45, 2.75) is 50.8 Å². The van der Waals surface area contributed by atoms with Gasteiger partial charge in [0.2, 0.25) is 0 Å². The molecule has 2 saturated heterocycles. The predicted octanol–water partition coefficient (Wildman–Crippen LogP) is 3.34. The first-order chi connectivity index (χ1) is 14.5. The number of aliphatic hydroxyl groups excluding tert-OH is 1. The van der Waals surface area contributed by atoms with Crippen LogP contribution >= 0.6 is 0 Å². The highest BCUT2D eigenvalue weighted by atomic mass is 16.5. The number of aryl methyl sites for hydroxylation is 1. The number of carbonyl (C=O) groups excluding carboxylic acids is 2. The number of hydrogen-bond acceptors (Lipinski definition) is 5. The second kappa shape index (κ2) is 7.25. The van der Waals surface area contributed by atoms with Gasteiger partial charge in [-0.3, -0.25) is 9.59 Å². The summed E-state index contributed by atoms with van der Waals surface area (Å²) in [7, 11) is 0. The second-order valence-electron chi connectivity index (χ2n) is 8.18. The molecular formula is C23H23N3O4. The highest BCUT2D eigenvalue weighted by molar-refractivity contribution is 6.13. The van der Waals surface area contributed by atoms with Gasteiger partial charge in [-0.1, -0.05) is 35.5 Å². The third kappa shape index (κ3) is 3.06. The van der Waals surface area contributed by atoms with Crippen LogP contribution in [0.2, 0.25) is 0 Å². The molecule has 1 unspecified atom stereocenters. The van der Waals surface area contributed by atoms with Gasteiger partial charge in [-0.05, 0) is 38.7 Å². The molecule has 0 radical (unpaired) electrons. The van der Waals surface area contributed by atoms with Gasteiger partial charge in [0.25, 0.3) is 5.91 Å². The molecule has 30 heavy (non-hydrogen) atoms. The van der Waals surface area contributed by atoms with Gasteiger partial charge >= 0.3 is 0 Å². The summed E-state index contributed by atoms with van der Waals surface area (Å²) in [6, 6.07) is 11.2. The van der Waals surface area contributed by atoms with Crippen molar-refractivity contribution >= 4 is 11.7 Å². The maximum atomic E-state index is 13.2. The van der Waals surface area contributed by atoms with Crippen LogP contribution in [0.5, 0.6) is 0 Å². The van der Waals surface area contributed by atoms with E-state index in [9.17, 15) is 14.7 Å². The number of aromatic amines is 1. The van der Waals surface area contributed by atoms with Gasteiger partial charge in [0.05, 0.1) is 11.7 Å². The van der Waals surface area contributed by atoms with Gasteiger partial charge in [-0.2, -0.15) is 0 Å². The zero-order chi connectivity index (χ0) is 20.8. The van der Waals surface area contributed by atoms with Gasteiger partial charge in [-0.15, -0.1) is 0 Å². The molecule has 1 amide bonds. The largest absolute Gasteiger partial charge is 0.393 e. The molecule has 5 rings (SSSR count). The van der Waals surface area contributed by atoms with E-state index >= 15 is 0 Å². The zero-order valence-electron chi connectivity index (χ0n) is 16.7. The lowest BCUT2D eigenvalue weighted by Gasteiger charge is -2.36. The topological polar surface area (TPSA) is 99.4 Å². The highest BCUT2D eigenvalue weighted by Crippen LogP contribution is 2.37. The number of amides is 1. The normalized spacial score (nSPS) is 23.0. The molecule has 3 aromatic rings. The Bertz CT molecular complexity index is 1090. The molecule has 2 aromatic heterocycles. The lowest BCUT2D eigenvalue weighted by Crippen LogP contribution is -2.48. The van der Waals surface area contributed by atoms with Crippen LogP contribution in [-0.4, -0.2) is 50.0 Å². The van der Waals surface area contributed by atoms with Gasteiger partial charge < -0.3 is 19.5 Å². The van der Waals surface area contributed by atoms with Crippen molar-refractivity contribution in [1.29, 1.82) is 0 Å². The molecule has 7 heteroatoms. The van der Waals surface area contributed by atoms with E-state index in [-0.39, 0.29) is 29.9 Å². The van der Waals surface area contributed by atoms with E-state index in [1.165, 1.54) is 0 Å². The first-order valence-corrected chi connectivity index (χ1v) is 10.3. The summed E-state index contributed by atoms with van der Waals surface area (Å²) < 4.78 is 5.31. The van der Waals surface area contributed by atoms with Crippen LogP contribution < -0.4 is 0 Å². The van der Waals surface area contributed by atoms with Crippen LogP contribution in [0.3, 0.4) is 0 Å². The number of nitrogens with one attached hydrogen (secondary N) is 1. The van der Waals surface area contributed by atoms with Crippen molar-refractivity contribution in [2.24, 2.45) is 0 Å². The molecule has 2 aliphatic heterocycles. The highest BCUT2D eigenvalue weighted by Gasteiger charge is 2.43. The summed E-state index contributed by atoms with van der Waals surface area (Å²) in [5.74, 6) is 0.0923. The molecular weight excluding hydrogens is 382 g/mol. The molecule has 4 heterocycles.